The highest BCUT2D eigenvalue weighted by atomic mass is 16.5. The zero-order valence-electron chi connectivity index (χ0n) is 13.1. The van der Waals surface area contributed by atoms with Crippen LogP contribution < -0.4 is 9.64 Å². The number of hydrogen-bond donors (Lipinski definition) is 0. The minimum Gasteiger partial charge on any atom is -0.471 e. The molecule has 0 aromatic carbocycles. The first kappa shape index (κ1) is 15.1. The van der Waals surface area contributed by atoms with Crippen molar-refractivity contribution in [3.05, 3.63) is 36.7 Å². The second kappa shape index (κ2) is 6.55. The first-order valence-corrected chi connectivity index (χ1v) is 7.36. The SMILES string of the molecule is CN(C)c1cncc(O[C@H]2CCN(C(=O)c3ncccn3)C2)n1. The maximum Gasteiger partial charge on any atom is 0.291 e. The molecule has 120 valence electrons. The molecule has 1 atom stereocenters. The Balaban J connectivity index is 1.62. The van der Waals surface area contributed by atoms with E-state index in [1.807, 2.05) is 19.0 Å². The molecule has 3 rings (SSSR count). The Hall–Kier alpha value is -2.77. The molecular formula is C15H18N6O2. The Morgan fingerprint density at radius 1 is 1.30 bits per heavy atom. The van der Waals surface area contributed by atoms with E-state index < -0.39 is 0 Å². The fraction of sp³-hybridized carbons (Fsp3) is 0.400. The summed E-state index contributed by atoms with van der Waals surface area (Å²) in [6.45, 7) is 1.10. The normalized spacial score (nSPS) is 17.1. The molecule has 1 amide bonds. The van der Waals surface area contributed by atoms with E-state index in [2.05, 4.69) is 19.9 Å². The minimum atomic E-state index is -0.176. The summed E-state index contributed by atoms with van der Waals surface area (Å²) in [6.07, 6.45) is 7.02. The Bertz CT molecular complexity index is 679. The monoisotopic (exact) mass is 314 g/mol. The Morgan fingerprint density at radius 3 is 2.83 bits per heavy atom. The van der Waals surface area contributed by atoms with E-state index in [0.717, 1.165) is 12.2 Å². The van der Waals surface area contributed by atoms with Gasteiger partial charge in [-0.05, 0) is 6.07 Å². The molecule has 8 heteroatoms. The molecule has 0 saturated carbocycles. The lowest BCUT2D eigenvalue weighted by Gasteiger charge is -2.17. The van der Waals surface area contributed by atoms with Gasteiger partial charge in [0, 0.05) is 39.5 Å². The van der Waals surface area contributed by atoms with Crippen molar-refractivity contribution in [3.8, 4) is 5.88 Å². The number of amides is 1. The second-order valence-electron chi connectivity index (χ2n) is 5.46. The Labute approximate surface area is 134 Å². The van der Waals surface area contributed by atoms with Crippen molar-refractivity contribution in [2.24, 2.45) is 0 Å². The van der Waals surface area contributed by atoms with Gasteiger partial charge in [0.1, 0.15) is 6.10 Å². The number of ether oxygens (including phenoxy) is 1. The van der Waals surface area contributed by atoms with Gasteiger partial charge >= 0.3 is 0 Å². The van der Waals surface area contributed by atoms with E-state index in [-0.39, 0.29) is 17.8 Å². The average Bonchev–Trinajstić information content (AvgIpc) is 3.03. The largest absolute Gasteiger partial charge is 0.471 e. The van der Waals surface area contributed by atoms with Crippen LogP contribution in [0, 0.1) is 0 Å². The van der Waals surface area contributed by atoms with Gasteiger partial charge in [0.05, 0.1) is 18.9 Å². The Kier molecular flexibility index (Phi) is 4.31. The molecule has 0 aliphatic carbocycles. The predicted molar refractivity (Wildman–Crippen MR) is 83.3 cm³/mol. The molecule has 0 unspecified atom stereocenters. The fourth-order valence-corrected chi connectivity index (χ4v) is 2.34. The predicted octanol–water partition coefficient (Wildman–Crippen LogP) is 0.626. The van der Waals surface area contributed by atoms with Crippen LogP contribution in [0.4, 0.5) is 5.82 Å². The van der Waals surface area contributed by atoms with Gasteiger partial charge in [-0.2, -0.15) is 4.98 Å². The maximum absolute atomic E-state index is 12.3. The van der Waals surface area contributed by atoms with Gasteiger partial charge in [-0.1, -0.05) is 0 Å². The van der Waals surface area contributed by atoms with Gasteiger partial charge in [0.25, 0.3) is 5.91 Å². The van der Waals surface area contributed by atoms with Crippen molar-refractivity contribution < 1.29 is 9.53 Å². The number of likely N-dealkylation sites (tertiary alicyclic amines) is 1. The fourth-order valence-electron chi connectivity index (χ4n) is 2.34. The van der Waals surface area contributed by atoms with Crippen LogP contribution in [0.25, 0.3) is 0 Å². The Morgan fingerprint density at radius 2 is 2.09 bits per heavy atom. The van der Waals surface area contributed by atoms with E-state index in [1.54, 1.807) is 35.8 Å². The van der Waals surface area contributed by atoms with E-state index in [4.69, 9.17) is 4.74 Å². The van der Waals surface area contributed by atoms with Crippen LogP contribution in [0.3, 0.4) is 0 Å². The highest BCUT2D eigenvalue weighted by Crippen LogP contribution is 2.19. The van der Waals surface area contributed by atoms with Crippen molar-refractivity contribution in [1.29, 1.82) is 0 Å². The van der Waals surface area contributed by atoms with Crippen LogP contribution in [-0.2, 0) is 0 Å². The third kappa shape index (κ3) is 3.53. The average molecular weight is 314 g/mol. The molecule has 0 bridgehead atoms. The summed E-state index contributed by atoms with van der Waals surface area (Å²) >= 11 is 0. The molecule has 2 aromatic rings. The van der Waals surface area contributed by atoms with Gasteiger partial charge in [0.15, 0.2) is 5.82 Å². The molecular weight excluding hydrogens is 296 g/mol. The molecule has 1 fully saturated rings. The van der Waals surface area contributed by atoms with E-state index in [1.165, 1.54) is 0 Å². The third-order valence-electron chi connectivity index (χ3n) is 3.53. The first-order valence-electron chi connectivity index (χ1n) is 7.36. The summed E-state index contributed by atoms with van der Waals surface area (Å²) in [4.78, 5) is 32.3. The summed E-state index contributed by atoms with van der Waals surface area (Å²) < 4.78 is 5.85. The topological polar surface area (TPSA) is 84.3 Å². The number of nitrogens with zero attached hydrogens (tertiary/aromatic N) is 6. The number of carbonyl (C=O) groups is 1. The summed E-state index contributed by atoms with van der Waals surface area (Å²) in [5.41, 5.74) is 0. The number of hydrogen-bond acceptors (Lipinski definition) is 7. The minimum absolute atomic E-state index is 0.102. The van der Waals surface area contributed by atoms with Gasteiger partial charge in [-0.3, -0.25) is 9.78 Å². The second-order valence-corrected chi connectivity index (χ2v) is 5.46. The highest BCUT2D eigenvalue weighted by molar-refractivity contribution is 5.90. The molecule has 1 saturated heterocycles. The van der Waals surface area contributed by atoms with E-state index in [0.29, 0.717) is 19.0 Å². The van der Waals surface area contributed by atoms with E-state index >= 15 is 0 Å². The van der Waals surface area contributed by atoms with Crippen molar-refractivity contribution >= 4 is 11.7 Å². The van der Waals surface area contributed by atoms with E-state index in [9.17, 15) is 4.79 Å². The standard InChI is InChI=1S/C15H18N6O2/c1-20(2)12-8-16-9-13(19-12)23-11-4-7-21(10-11)15(22)14-17-5-3-6-18-14/h3,5-6,8-9,11H,4,7,10H2,1-2H3/t11-/m0/s1. The molecule has 0 radical (unpaired) electrons. The van der Waals surface area contributed by atoms with Gasteiger partial charge in [-0.15, -0.1) is 0 Å². The lowest BCUT2D eigenvalue weighted by molar-refractivity contribution is 0.0759. The smallest absolute Gasteiger partial charge is 0.291 e. The molecule has 23 heavy (non-hydrogen) atoms. The zero-order valence-corrected chi connectivity index (χ0v) is 13.1. The van der Waals surface area contributed by atoms with Crippen LogP contribution in [-0.4, -0.2) is 64.0 Å². The molecule has 0 N–H and O–H groups in total. The van der Waals surface area contributed by atoms with Crippen LogP contribution in [0.1, 0.15) is 17.0 Å². The van der Waals surface area contributed by atoms with Crippen LogP contribution >= 0.6 is 0 Å². The van der Waals surface area contributed by atoms with Crippen LogP contribution in [0.5, 0.6) is 5.88 Å². The number of carbonyl (C=O) groups excluding carboxylic acids is 1. The van der Waals surface area contributed by atoms with Gasteiger partial charge in [-0.25, -0.2) is 9.97 Å². The number of aromatic nitrogens is 4. The van der Waals surface area contributed by atoms with Gasteiger partial charge < -0.3 is 14.5 Å². The lowest BCUT2D eigenvalue weighted by atomic mass is 10.3. The third-order valence-corrected chi connectivity index (χ3v) is 3.53. The van der Waals surface area contributed by atoms with Crippen LogP contribution in [0.15, 0.2) is 30.9 Å². The number of rotatable bonds is 4. The number of anilines is 1. The molecule has 3 heterocycles. The first-order chi connectivity index (χ1) is 11.1. The van der Waals surface area contributed by atoms with Crippen molar-refractivity contribution in [3.63, 3.8) is 0 Å². The zero-order chi connectivity index (χ0) is 16.2. The molecule has 1 aliphatic rings. The lowest BCUT2D eigenvalue weighted by Crippen LogP contribution is -2.32. The maximum atomic E-state index is 12.3. The van der Waals surface area contributed by atoms with Crippen molar-refractivity contribution in [2.75, 3.05) is 32.1 Å². The quantitative estimate of drug-likeness (QED) is 0.818. The molecule has 8 nitrogen and oxygen atoms in total. The van der Waals surface area contributed by atoms with Crippen LogP contribution in [0.2, 0.25) is 0 Å². The highest BCUT2D eigenvalue weighted by Gasteiger charge is 2.29. The summed E-state index contributed by atoms with van der Waals surface area (Å²) in [6, 6.07) is 1.68. The summed E-state index contributed by atoms with van der Waals surface area (Å²) in [5, 5.41) is 0. The van der Waals surface area contributed by atoms with Crippen molar-refractivity contribution in [2.45, 2.75) is 12.5 Å². The summed E-state index contributed by atoms with van der Waals surface area (Å²) in [7, 11) is 3.78. The summed E-state index contributed by atoms with van der Waals surface area (Å²) in [5.74, 6) is 1.23. The van der Waals surface area contributed by atoms with Gasteiger partial charge in [0.2, 0.25) is 11.7 Å². The van der Waals surface area contributed by atoms with Crippen molar-refractivity contribution in [1.82, 2.24) is 24.8 Å². The molecule has 0 spiro atoms. The molecule has 1 aliphatic heterocycles. The molecule has 2 aromatic heterocycles.